The van der Waals surface area contributed by atoms with E-state index in [0.29, 0.717) is 19.5 Å². The molecule has 2 heterocycles. The number of nitrogens with zero attached hydrogens (tertiary/aromatic N) is 5. The van der Waals surface area contributed by atoms with Crippen LogP contribution in [0.3, 0.4) is 0 Å². The van der Waals surface area contributed by atoms with Crippen molar-refractivity contribution in [1.82, 2.24) is 4.98 Å². The lowest BCUT2D eigenvalue weighted by molar-refractivity contribution is -0.117. The van der Waals surface area contributed by atoms with Crippen LogP contribution in [0.4, 0.5) is 5.69 Å². The van der Waals surface area contributed by atoms with Gasteiger partial charge in [0.25, 0.3) is 0 Å². The lowest BCUT2D eigenvalue weighted by atomic mass is 10.1. The Morgan fingerprint density at radius 3 is 2.86 bits per heavy atom. The van der Waals surface area contributed by atoms with E-state index in [1.165, 1.54) is 0 Å². The van der Waals surface area contributed by atoms with Gasteiger partial charge in [-0.2, -0.15) is 0 Å². The fourth-order valence-corrected chi connectivity index (χ4v) is 3.24. The first-order valence-electron chi connectivity index (χ1n) is 7.01. The van der Waals surface area contributed by atoms with Crippen molar-refractivity contribution in [2.75, 3.05) is 18.0 Å². The molecule has 3 rings (SSSR count). The highest BCUT2D eigenvalue weighted by Crippen LogP contribution is 2.28. The molecule has 1 aliphatic heterocycles. The molecular formula is C15H15N5OS. The first kappa shape index (κ1) is 14.6. The molecule has 22 heavy (non-hydrogen) atoms. The van der Waals surface area contributed by atoms with Gasteiger partial charge >= 0.3 is 0 Å². The molecule has 1 aromatic heterocycles. The Kier molecular flexibility index (Phi) is 4.09. The number of anilines is 1. The first-order chi connectivity index (χ1) is 10.7. The molecule has 1 aliphatic rings. The van der Waals surface area contributed by atoms with Gasteiger partial charge in [0.05, 0.1) is 10.7 Å². The van der Waals surface area contributed by atoms with Crippen molar-refractivity contribution in [3.05, 3.63) is 45.1 Å². The minimum Gasteiger partial charge on any atom is -0.312 e. The summed E-state index contributed by atoms with van der Waals surface area (Å²) >= 11 is 1.62. The number of hydrogen-bond donors (Lipinski definition) is 0. The van der Waals surface area contributed by atoms with Gasteiger partial charge in [-0.15, -0.1) is 11.3 Å². The van der Waals surface area contributed by atoms with Gasteiger partial charge in [0, 0.05) is 41.1 Å². The molecule has 1 fully saturated rings. The van der Waals surface area contributed by atoms with Gasteiger partial charge in [-0.3, -0.25) is 4.79 Å². The minimum atomic E-state index is 0.0791. The van der Waals surface area contributed by atoms with Crippen molar-refractivity contribution in [3.8, 4) is 11.3 Å². The molecule has 1 saturated heterocycles. The summed E-state index contributed by atoms with van der Waals surface area (Å²) in [5.41, 5.74) is 11.3. The van der Waals surface area contributed by atoms with Crippen molar-refractivity contribution in [3.63, 3.8) is 0 Å². The second-order valence-corrected chi connectivity index (χ2v) is 6.35. The maximum atomic E-state index is 12.1. The molecule has 6 nitrogen and oxygen atoms in total. The van der Waals surface area contributed by atoms with E-state index >= 15 is 0 Å². The lowest BCUT2D eigenvalue weighted by Crippen LogP contribution is -2.24. The number of aromatic nitrogens is 1. The summed E-state index contributed by atoms with van der Waals surface area (Å²) in [7, 11) is 0. The summed E-state index contributed by atoms with van der Waals surface area (Å²) in [6.07, 6.45) is 0.437. The number of carbonyl (C=O) groups is 1. The van der Waals surface area contributed by atoms with Gasteiger partial charge in [-0.05, 0) is 30.5 Å². The van der Waals surface area contributed by atoms with Crippen LogP contribution in [0, 0.1) is 12.8 Å². The predicted octanol–water partition coefficient (Wildman–Crippen LogP) is 3.78. The number of rotatable bonds is 4. The molecule has 0 N–H and O–H groups in total. The highest BCUT2D eigenvalue weighted by molar-refractivity contribution is 7.09. The maximum Gasteiger partial charge on any atom is 0.227 e. The zero-order chi connectivity index (χ0) is 15.5. The number of benzene rings is 1. The standard InChI is InChI=1S/C15H15N5OS/c1-10-18-14(9-22-10)12-2-4-13(5-3-12)20-8-11(6-15(20)21)7-17-19-16/h2-5,9,11H,6-8H2,1H3. The second-order valence-electron chi connectivity index (χ2n) is 5.29. The fourth-order valence-electron chi connectivity index (χ4n) is 2.61. The van der Waals surface area contributed by atoms with Crippen LogP contribution in [0.25, 0.3) is 21.7 Å². The summed E-state index contributed by atoms with van der Waals surface area (Å²) in [6, 6.07) is 7.85. The van der Waals surface area contributed by atoms with E-state index in [1.54, 1.807) is 16.2 Å². The number of amides is 1. The molecule has 1 amide bonds. The summed E-state index contributed by atoms with van der Waals surface area (Å²) in [4.78, 5) is 21.1. The van der Waals surface area contributed by atoms with Crippen molar-refractivity contribution >= 4 is 22.9 Å². The fraction of sp³-hybridized carbons (Fsp3) is 0.333. The lowest BCUT2D eigenvalue weighted by Gasteiger charge is -2.16. The van der Waals surface area contributed by atoms with Crippen LogP contribution in [-0.2, 0) is 4.79 Å². The quantitative estimate of drug-likeness (QED) is 0.489. The van der Waals surface area contributed by atoms with Crippen LogP contribution in [-0.4, -0.2) is 24.0 Å². The molecule has 1 unspecified atom stereocenters. The largest absolute Gasteiger partial charge is 0.312 e. The third-order valence-corrected chi connectivity index (χ3v) is 4.48. The molecule has 1 atom stereocenters. The van der Waals surface area contributed by atoms with Crippen LogP contribution >= 0.6 is 11.3 Å². The molecule has 2 aromatic rings. The number of aryl methyl sites for hydroxylation is 1. The third-order valence-electron chi connectivity index (χ3n) is 3.70. The zero-order valence-electron chi connectivity index (χ0n) is 12.1. The molecule has 1 aromatic carbocycles. The van der Waals surface area contributed by atoms with E-state index in [2.05, 4.69) is 15.0 Å². The van der Waals surface area contributed by atoms with Crippen LogP contribution in [0.2, 0.25) is 0 Å². The number of hydrogen-bond acceptors (Lipinski definition) is 4. The van der Waals surface area contributed by atoms with Crippen LogP contribution in [0.1, 0.15) is 11.4 Å². The van der Waals surface area contributed by atoms with E-state index in [-0.39, 0.29) is 11.8 Å². The molecule has 0 bridgehead atoms. The smallest absolute Gasteiger partial charge is 0.227 e. The van der Waals surface area contributed by atoms with Gasteiger partial charge < -0.3 is 4.90 Å². The highest BCUT2D eigenvalue weighted by Gasteiger charge is 2.29. The van der Waals surface area contributed by atoms with E-state index < -0.39 is 0 Å². The summed E-state index contributed by atoms with van der Waals surface area (Å²) in [5.74, 6) is 0.180. The SMILES string of the molecule is Cc1nc(-c2ccc(N3CC(CN=[N+]=[N-])CC3=O)cc2)cs1. The number of carbonyl (C=O) groups excluding carboxylic acids is 1. The average Bonchev–Trinajstić information content (AvgIpc) is 3.11. The predicted molar refractivity (Wildman–Crippen MR) is 86.8 cm³/mol. The van der Waals surface area contributed by atoms with Crippen molar-refractivity contribution in [2.24, 2.45) is 11.0 Å². The Labute approximate surface area is 132 Å². The van der Waals surface area contributed by atoms with Crippen LogP contribution in [0.5, 0.6) is 0 Å². The highest BCUT2D eigenvalue weighted by atomic mass is 32.1. The average molecular weight is 313 g/mol. The van der Waals surface area contributed by atoms with Gasteiger partial charge in [-0.25, -0.2) is 4.98 Å². The van der Waals surface area contributed by atoms with E-state index in [9.17, 15) is 4.79 Å². The van der Waals surface area contributed by atoms with Crippen molar-refractivity contribution in [2.45, 2.75) is 13.3 Å². The molecular weight excluding hydrogens is 298 g/mol. The van der Waals surface area contributed by atoms with Crippen molar-refractivity contribution in [1.29, 1.82) is 0 Å². The minimum absolute atomic E-state index is 0.0791. The molecule has 112 valence electrons. The topological polar surface area (TPSA) is 82.0 Å². The maximum absolute atomic E-state index is 12.1. The molecule has 7 heteroatoms. The molecule has 0 spiro atoms. The molecule has 0 radical (unpaired) electrons. The van der Waals surface area contributed by atoms with Gasteiger partial charge in [-0.1, -0.05) is 17.2 Å². The van der Waals surface area contributed by atoms with Crippen LogP contribution in [0.15, 0.2) is 34.8 Å². The van der Waals surface area contributed by atoms with E-state index in [1.807, 2.05) is 36.6 Å². The first-order valence-corrected chi connectivity index (χ1v) is 7.89. The Morgan fingerprint density at radius 2 is 2.23 bits per heavy atom. The third kappa shape index (κ3) is 2.95. The zero-order valence-corrected chi connectivity index (χ0v) is 13.0. The Morgan fingerprint density at radius 1 is 1.45 bits per heavy atom. The summed E-state index contributed by atoms with van der Waals surface area (Å²) < 4.78 is 0. The number of thiazole rings is 1. The van der Waals surface area contributed by atoms with Crippen molar-refractivity contribution < 1.29 is 4.79 Å². The number of azide groups is 1. The van der Waals surface area contributed by atoms with Gasteiger partial charge in [0.1, 0.15) is 0 Å². The van der Waals surface area contributed by atoms with Gasteiger partial charge in [0.2, 0.25) is 5.91 Å². The Balaban J connectivity index is 1.75. The van der Waals surface area contributed by atoms with E-state index in [0.717, 1.165) is 22.0 Å². The molecule has 0 aliphatic carbocycles. The van der Waals surface area contributed by atoms with Crippen LogP contribution < -0.4 is 4.90 Å². The van der Waals surface area contributed by atoms with Gasteiger partial charge in [0.15, 0.2) is 0 Å². The Hall–Kier alpha value is -2.37. The Bertz CT molecular complexity index is 733. The normalized spacial score (nSPS) is 17.6. The summed E-state index contributed by atoms with van der Waals surface area (Å²) in [5, 5.41) is 6.63. The second kappa shape index (κ2) is 6.17. The van der Waals surface area contributed by atoms with E-state index in [4.69, 9.17) is 5.53 Å². The summed E-state index contributed by atoms with van der Waals surface area (Å²) in [6.45, 7) is 2.96. The molecule has 0 saturated carbocycles. The monoisotopic (exact) mass is 313 g/mol.